The molecule has 2 atom stereocenters. The van der Waals surface area contributed by atoms with E-state index in [2.05, 4.69) is 10.1 Å². The van der Waals surface area contributed by atoms with Crippen molar-refractivity contribution in [3.05, 3.63) is 0 Å². The fourth-order valence-electron chi connectivity index (χ4n) is 1.83. The molecule has 0 aromatic heterocycles. The maximum absolute atomic E-state index is 8.57. The van der Waals surface area contributed by atoms with Crippen molar-refractivity contribution in [3.63, 3.8) is 0 Å². The maximum atomic E-state index is 8.57. The quantitative estimate of drug-likeness (QED) is 0.310. The Kier molecular flexibility index (Phi) is 4.84. The summed E-state index contributed by atoms with van der Waals surface area (Å²) in [5.41, 5.74) is 5.55. The van der Waals surface area contributed by atoms with Gasteiger partial charge < -0.3 is 15.7 Å². The average molecular weight is 215 g/mol. The number of amidine groups is 1. The smallest absolute Gasteiger partial charge is 0.156 e. The number of likely N-dealkylation sites (N-methyl/N-ethyl adjacent to an activating group) is 1. The number of nitrogens with two attached hydrogens (primary N) is 1. The van der Waals surface area contributed by atoms with Gasteiger partial charge in [-0.25, -0.2) is 0 Å². The Morgan fingerprint density at radius 2 is 2.47 bits per heavy atom. The van der Waals surface area contributed by atoms with Crippen molar-refractivity contribution in [2.75, 3.05) is 26.8 Å². The Labute approximate surface area is 90.9 Å². The SMILES string of the molecule is CC(C(N)=NO)N(C)CC1CCCOC1. The third kappa shape index (κ3) is 3.68. The summed E-state index contributed by atoms with van der Waals surface area (Å²) in [5.74, 6) is 0.826. The van der Waals surface area contributed by atoms with E-state index >= 15 is 0 Å². The van der Waals surface area contributed by atoms with Gasteiger partial charge in [-0.3, -0.25) is 4.90 Å². The van der Waals surface area contributed by atoms with Crippen LogP contribution in [0.15, 0.2) is 5.16 Å². The van der Waals surface area contributed by atoms with E-state index in [4.69, 9.17) is 15.7 Å². The molecule has 1 aliphatic rings. The first-order chi connectivity index (χ1) is 7.15. The number of hydrogen-bond donors (Lipinski definition) is 2. The van der Waals surface area contributed by atoms with Crippen molar-refractivity contribution in [1.82, 2.24) is 4.90 Å². The molecule has 0 aromatic carbocycles. The molecule has 0 radical (unpaired) electrons. The fraction of sp³-hybridized carbons (Fsp3) is 0.900. The topological polar surface area (TPSA) is 71.1 Å². The van der Waals surface area contributed by atoms with E-state index in [1.54, 1.807) is 0 Å². The Bertz CT molecular complexity index is 215. The van der Waals surface area contributed by atoms with Crippen LogP contribution in [0.3, 0.4) is 0 Å². The van der Waals surface area contributed by atoms with Crippen LogP contribution in [0.25, 0.3) is 0 Å². The molecule has 0 bridgehead atoms. The summed E-state index contributed by atoms with van der Waals surface area (Å²) < 4.78 is 5.41. The second-order valence-corrected chi connectivity index (χ2v) is 4.22. The Balaban J connectivity index is 2.36. The summed E-state index contributed by atoms with van der Waals surface area (Å²) in [6.07, 6.45) is 2.34. The van der Waals surface area contributed by atoms with Crippen LogP contribution in [0, 0.1) is 5.92 Å². The van der Waals surface area contributed by atoms with Gasteiger partial charge in [-0.2, -0.15) is 0 Å². The van der Waals surface area contributed by atoms with Crippen molar-refractivity contribution in [1.29, 1.82) is 0 Å². The van der Waals surface area contributed by atoms with Crippen LogP contribution >= 0.6 is 0 Å². The van der Waals surface area contributed by atoms with Gasteiger partial charge in [-0.1, -0.05) is 5.16 Å². The predicted octanol–water partition coefficient (Wildman–Crippen LogP) is 0.480. The zero-order valence-corrected chi connectivity index (χ0v) is 9.52. The number of rotatable bonds is 4. The van der Waals surface area contributed by atoms with Gasteiger partial charge in [0.1, 0.15) is 0 Å². The zero-order valence-electron chi connectivity index (χ0n) is 9.52. The van der Waals surface area contributed by atoms with Gasteiger partial charge in [-0.05, 0) is 32.7 Å². The van der Waals surface area contributed by atoms with Crippen LogP contribution in [0.1, 0.15) is 19.8 Å². The van der Waals surface area contributed by atoms with E-state index in [1.165, 1.54) is 6.42 Å². The zero-order chi connectivity index (χ0) is 11.3. The van der Waals surface area contributed by atoms with Crippen LogP contribution in [0.4, 0.5) is 0 Å². The van der Waals surface area contributed by atoms with Crippen LogP contribution in [-0.2, 0) is 4.74 Å². The summed E-state index contributed by atoms with van der Waals surface area (Å²) >= 11 is 0. The number of ether oxygens (including phenoxy) is 1. The highest BCUT2D eigenvalue weighted by atomic mass is 16.5. The molecule has 1 fully saturated rings. The van der Waals surface area contributed by atoms with Gasteiger partial charge in [0.25, 0.3) is 0 Å². The summed E-state index contributed by atoms with van der Waals surface area (Å²) in [6.45, 7) is 4.57. The molecule has 1 saturated heterocycles. The molecule has 0 aliphatic carbocycles. The summed E-state index contributed by atoms with van der Waals surface area (Å²) in [6, 6.07) is -0.0306. The monoisotopic (exact) mass is 215 g/mol. The third-order valence-corrected chi connectivity index (χ3v) is 3.01. The van der Waals surface area contributed by atoms with E-state index < -0.39 is 0 Å². The van der Waals surface area contributed by atoms with Gasteiger partial charge in [0.2, 0.25) is 0 Å². The minimum Gasteiger partial charge on any atom is -0.409 e. The first kappa shape index (κ1) is 12.3. The normalized spacial score (nSPS) is 25.5. The van der Waals surface area contributed by atoms with Gasteiger partial charge >= 0.3 is 0 Å². The summed E-state index contributed by atoms with van der Waals surface area (Å²) in [4.78, 5) is 2.09. The highest BCUT2D eigenvalue weighted by Gasteiger charge is 2.20. The molecule has 2 unspecified atom stereocenters. The average Bonchev–Trinajstić information content (AvgIpc) is 2.28. The molecule has 1 heterocycles. The first-order valence-electron chi connectivity index (χ1n) is 5.40. The second kappa shape index (κ2) is 5.92. The molecular weight excluding hydrogens is 194 g/mol. The molecule has 3 N–H and O–H groups in total. The number of oxime groups is 1. The Morgan fingerprint density at radius 1 is 1.73 bits per heavy atom. The van der Waals surface area contributed by atoms with E-state index in [1.807, 2.05) is 14.0 Å². The molecule has 1 rings (SSSR count). The standard InChI is InChI=1S/C10H21N3O2/c1-8(10(11)12-14)13(2)6-9-4-3-5-15-7-9/h8-9,14H,3-7H2,1-2H3,(H2,11,12). The van der Waals surface area contributed by atoms with Crippen LogP contribution in [-0.4, -0.2) is 48.8 Å². The Hall–Kier alpha value is -0.810. The van der Waals surface area contributed by atoms with Crippen molar-refractivity contribution in [2.45, 2.75) is 25.8 Å². The van der Waals surface area contributed by atoms with Crippen molar-refractivity contribution in [2.24, 2.45) is 16.8 Å². The number of hydrogen-bond acceptors (Lipinski definition) is 4. The minimum atomic E-state index is -0.0306. The fourth-order valence-corrected chi connectivity index (χ4v) is 1.83. The molecule has 0 saturated carbocycles. The lowest BCUT2D eigenvalue weighted by molar-refractivity contribution is 0.0403. The molecule has 0 aromatic rings. The lowest BCUT2D eigenvalue weighted by atomic mass is 10.0. The highest BCUT2D eigenvalue weighted by Crippen LogP contribution is 2.15. The lowest BCUT2D eigenvalue weighted by Gasteiger charge is -2.30. The largest absolute Gasteiger partial charge is 0.409 e. The van der Waals surface area contributed by atoms with E-state index in [9.17, 15) is 0 Å². The van der Waals surface area contributed by atoms with Gasteiger partial charge in [-0.15, -0.1) is 0 Å². The third-order valence-electron chi connectivity index (χ3n) is 3.01. The van der Waals surface area contributed by atoms with Crippen molar-refractivity contribution < 1.29 is 9.94 Å². The molecule has 5 nitrogen and oxygen atoms in total. The first-order valence-corrected chi connectivity index (χ1v) is 5.40. The molecule has 15 heavy (non-hydrogen) atoms. The molecule has 0 amide bonds. The molecule has 5 heteroatoms. The molecule has 88 valence electrons. The predicted molar refractivity (Wildman–Crippen MR) is 59.0 cm³/mol. The molecule has 0 spiro atoms. The van der Waals surface area contributed by atoms with E-state index in [-0.39, 0.29) is 11.9 Å². The van der Waals surface area contributed by atoms with Gasteiger partial charge in [0.15, 0.2) is 5.84 Å². The second-order valence-electron chi connectivity index (χ2n) is 4.22. The Morgan fingerprint density at radius 3 is 3.00 bits per heavy atom. The van der Waals surface area contributed by atoms with Crippen molar-refractivity contribution in [3.8, 4) is 0 Å². The number of nitrogens with zero attached hydrogens (tertiary/aromatic N) is 2. The molecular formula is C10H21N3O2. The van der Waals surface area contributed by atoms with Crippen LogP contribution in [0.2, 0.25) is 0 Å². The van der Waals surface area contributed by atoms with Gasteiger partial charge in [0, 0.05) is 13.2 Å². The van der Waals surface area contributed by atoms with Gasteiger partial charge in [0.05, 0.1) is 12.6 Å². The lowest BCUT2D eigenvalue weighted by Crippen LogP contribution is -2.43. The molecule has 1 aliphatic heterocycles. The van der Waals surface area contributed by atoms with E-state index in [0.29, 0.717) is 5.92 Å². The van der Waals surface area contributed by atoms with Crippen molar-refractivity contribution >= 4 is 5.84 Å². The van der Waals surface area contributed by atoms with E-state index in [0.717, 1.165) is 26.2 Å². The summed E-state index contributed by atoms with van der Waals surface area (Å²) in [5, 5.41) is 11.6. The van der Waals surface area contributed by atoms with Crippen LogP contribution in [0.5, 0.6) is 0 Å². The summed E-state index contributed by atoms with van der Waals surface area (Å²) in [7, 11) is 1.98. The minimum absolute atomic E-state index is 0.0306. The highest BCUT2D eigenvalue weighted by molar-refractivity contribution is 5.84. The van der Waals surface area contributed by atoms with Crippen LogP contribution < -0.4 is 5.73 Å². The maximum Gasteiger partial charge on any atom is 0.156 e.